The molecule has 92 valence electrons. The van der Waals surface area contributed by atoms with E-state index in [0.717, 1.165) is 5.56 Å². The molecule has 0 radical (unpaired) electrons. The van der Waals surface area contributed by atoms with Crippen LogP contribution in [0.1, 0.15) is 21.7 Å². The summed E-state index contributed by atoms with van der Waals surface area (Å²) in [6.07, 6.45) is 1.78. The van der Waals surface area contributed by atoms with E-state index in [1.54, 1.807) is 0 Å². The fourth-order valence-corrected chi connectivity index (χ4v) is 1.55. The van der Waals surface area contributed by atoms with Crippen LogP contribution in [-0.4, -0.2) is 21.0 Å². The van der Waals surface area contributed by atoms with Crippen molar-refractivity contribution in [3.05, 3.63) is 53.5 Å². The van der Waals surface area contributed by atoms with Crippen molar-refractivity contribution in [1.82, 2.24) is 9.97 Å². The zero-order valence-electron chi connectivity index (χ0n) is 9.50. The van der Waals surface area contributed by atoms with E-state index in [-0.39, 0.29) is 11.4 Å². The number of carbonyl (C=O) groups is 1. The molecule has 18 heavy (non-hydrogen) atoms. The van der Waals surface area contributed by atoms with Crippen LogP contribution in [-0.2, 0) is 6.42 Å². The lowest BCUT2D eigenvalue weighted by molar-refractivity contribution is 0.0697. The van der Waals surface area contributed by atoms with Crippen LogP contribution in [0.15, 0.2) is 36.5 Å². The summed E-state index contributed by atoms with van der Waals surface area (Å²) in [4.78, 5) is 19.0. The summed E-state index contributed by atoms with van der Waals surface area (Å²) < 4.78 is 0. The number of aromatic nitrogens is 2. The Bertz CT molecular complexity index is 557. The number of hydrazine groups is 1. The molecule has 2 rings (SSSR count). The molecule has 0 saturated carbocycles. The molecule has 2 aromatic rings. The quantitative estimate of drug-likeness (QED) is 0.549. The Kier molecular flexibility index (Phi) is 3.49. The fraction of sp³-hybridized carbons (Fsp3) is 0.0833. The number of nitrogen functional groups attached to an aromatic ring is 1. The number of rotatable bonds is 4. The number of carboxylic acids is 1. The first-order valence-corrected chi connectivity index (χ1v) is 5.30. The van der Waals surface area contributed by atoms with E-state index in [9.17, 15) is 4.79 Å². The van der Waals surface area contributed by atoms with Crippen LogP contribution in [0, 0.1) is 0 Å². The van der Waals surface area contributed by atoms with Crippen molar-refractivity contribution in [3.63, 3.8) is 0 Å². The highest BCUT2D eigenvalue weighted by atomic mass is 16.4. The van der Waals surface area contributed by atoms with Gasteiger partial charge in [0.2, 0.25) is 0 Å². The highest BCUT2D eigenvalue weighted by Crippen LogP contribution is 2.12. The third-order valence-corrected chi connectivity index (χ3v) is 2.41. The average molecular weight is 244 g/mol. The summed E-state index contributed by atoms with van der Waals surface area (Å²) in [7, 11) is 0. The normalized spacial score (nSPS) is 10.1. The second kappa shape index (κ2) is 5.24. The Hall–Kier alpha value is -2.47. The third-order valence-electron chi connectivity index (χ3n) is 2.41. The number of hydrogen-bond donors (Lipinski definition) is 3. The lowest BCUT2D eigenvalue weighted by Crippen LogP contribution is -2.15. The van der Waals surface area contributed by atoms with Crippen LogP contribution in [0.25, 0.3) is 0 Å². The van der Waals surface area contributed by atoms with Gasteiger partial charge in [0.15, 0.2) is 5.82 Å². The first-order valence-electron chi connectivity index (χ1n) is 5.30. The number of nitrogens with one attached hydrogen (secondary N) is 1. The summed E-state index contributed by atoms with van der Waals surface area (Å²) in [5.74, 6) is 4.76. The largest absolute Gasteiger partial charge is 0.477 e. The van der Waals surface area contributed by atoms with Gasteiger partial charge in [0.05, 0.1) is 0 Å². The SMILES string of the molecule is NNc1nc(Cc2ccccc2)ncc1C(=O)O. The monoisotopic (exact) mass is 244 g/mol. The van der Waals surface area contributed by atoms with Gasteiger partial charge in [0.25, 0.3) is 0 Å². The Morgan fingerprint density at radius 1 is 1.33 bits per heavy atom. The Morgan fingerprint density at radius 2 is 2.06 bits per heavy atom. The lowest BCUT2D eigenvalue weighted by atomic mass is 10.1. The molecule has 6 nitrogen and oxygen atoms in total. The van der Waals surface area contributed by atoms with Gasteiger partial charge in [-0.05, 0) is 5.56 Å². The van der Waals surface area contributed by atoms with Crippen molar-refractivity contribution in [2.45, 2.75) is 6.42 Å². The molecule has 4 N–H and O–H groups in total. The number of aromatic carboxylic acids is 1. The van der Waals surface area contributed by atoms with E-state index in [1.165, 1.54) is 6.20 Å². The van der Waals surface area contributed by atoms with Crippen molar-refractivity contribution in [2.75, 3.05) is 5.43 Å². The Balaban J connectivity index is 2.28. The molecular weight excluding hydrogens is 232 g/mol. The smallest absolute Gasteiger partial charge is 0.341 e. The maximum atomic E-state index is 10.9. The number of carboxylic acid groups (broad SMARTS) is 1. The minimum Gasteiger partial charge on any atom is -0.477 e. The molecule has 0 aliphatic carbocycles. The van der Waals surface area contributed by atoms with Gasteiger partial charge in [-0.3, -0.25) is 0 Å². The number of nitrogens with two attached hydrogens (primary N) is 1. The van der Waals surface area contributed by atoms with E-state index in [1.807, 2.05) is 30.3 Å². The molecule has 1 aromatic carbocycles. The van der Waals surface area contributed by atoms with Gasteiger partial charge < -0.3 is 10.5 Å². The van der Waals surface area contributed by atoms with Gasteiger partial charge in [0, 0.05) is 12.6 Å². The zero-order chi connectivity index (χ0) is 13.0. The molecule has 0 unspecified atom stereocenters. The number of hydrogen-bond acceptors (Lipinski definition) is 5. The van der Waals surface area contributed by atoms with E-state index in [0.29, 0.717) is 12.2 Å². The number of nitrogens with zero attached hydrogens (tertiary/aromatic N) is 2. The molecule has 0 fully saturated rings. The van der Waals surface area contributed by atoms with Crippen LogP contribution in [0.5, 0.6) is 0 Å². The Morgan fingerprint density at radius 3 is 2.67 bits per heavy atom. The topological polar surface area (TPSA) is 101 Å². The van der Waals surface area contributed by atoms with Crippen molar-refractivity contribution in [2.24, 2.45) is 5.84 Å². The van der Waals surface area contributed by atoms with Crippen LogP contribution in [0.2, 0.25) is 0 Å². The molecule has 0 aliphatic rings. The number of anilines is 1. The molecule has 0 aliphatic heterocycles. The number of benzene rings is 1. The fourth-order valence-electron chi connectivity index (χ4n) is 1.55. The zero-order valence-corrected chi connectivity index (χ0v) is 9.50. The van der Waals surface area contributed by atoms with Crippen LogP contribution in [0.3, 0.4) is 0 Å². The van der Waals surface area contributed by atoms with Crippen LogP contribution < -0.4 is 11.3 Å². The van der Waals surface area contributed by atoms with Crippen molar-refractivity contribution < 1.29 is 9.90 Å². The van der Waals surface area contributed by atoms with Gasteiger partial charge in [-0.15, -0.1) is 0 Å². The minimum absolute atomic E-state index is 0.0469. The van der Waals surface area contributed by atoms with E-state index >= 15 is 0 Å². The lowest BCUT2D eigenvalue weighted by Gasteiger charge is -2.06. The van der Waals surface area contributed by atoms with Crippen molar-refractivity contribution in [1.29, 1.82) is 0 Å². The van der Waals surface area contributed by atoms with Gasteiger partial charge in [-0.2, -0.15) is 0 Å². The molecule has 0 bridgehead atoms. The molecular formula is C12H12N4O2. The van der Waals surface area contributed by atoms with E-state index in [2.05, 4.69) is 15.4 Å². The average Bonchev–Trinajstić information content (AvgIpc) is 2.39. The summed E-state index contributed by atoms with van der Waals surface area (Å²) in [5, 5.41) is 8.90. The summed E-state index contributed by atoms with van der Waals surface area (Å²) in [6, 6.07) is 9.66. The van der Waals surface area contributed by atoms with E-state index < -0.39 is 5.97 Å². The molecule has 6 heteroatoms. The van der Waals surface area contributed by atoms with E-state index in [4.69, 9.17) is 10.9 Å². The summed E-state index contributed by atoms with van der Waals surface area (Å²) in [5.41, 5.74) is 3.27. The summed E-state index contributed by atoms with van der Waals surface area (Å²) in [6.45, 7) is 0. The van der Waals surface area contributed by atoms with Gasteiger partial charge >= 0.3 is 5.97 Å². The van der Waals surface area contributed by atoms with Gasteiger partial charge in [-0.25, -0.2) is 20.6 Å². The molecule has 0 saturated heterocycles. The maximum Gasteiger partial charge on any atom is 0.341 e. The van der Waals surface area contributed by atoms with Crippen molar-refractivity contribution in [3.8, 4) is 0 Å². The molecule has 1 heterocycles. The predicted molar refractivity (Wildman–Crippen MR) is 66.0 cm³/mol. The molecule has 0 spiro atoms. The first-order chi connectivity index (χ1) is 8.70. The standard InChI is InChI=1S/C12H12N4O2/c13-16-11-9(12(17)18)7-14-10(15-11)6-8-4-2-1-3-5-8/h1-5,7H,6,13H2,(H,17,18)(H,14,15,16). The van der Waals surface area contributed by atoms with Gasteiger partial charge in [0.1, 0.15) is 11.4 Å². The predicted octanol–water partition coefficient (Wildman–Crippen LogP) is 1.05. The first kappa shape index (κ1) is 12.0. The minimum atomic E-state index is -1.12. The molecule has 0 amide bonds. The summed E-state index contributed by atoms with van der Waals surface area (Å²) >= 11 is 0. The van der Waals surface area contributed by atoms with Gasteiger partial charge in [-0.1, -0.05) is 30.3 Å². The second-order valence-corrected chi connectivity index (χ2v) is 3.66. The van der Waals surface area contributed by atoms with Crippen LogP contribution >= 0.6 is 0 Å². The second-order valence-electron chi connectivity index (χ2n) is 3.66. The highest BCUT2D eigenvalue weighted by molar-refractivity contribution is 5.92. The third kappa shape index (κ3) is 2.61. The molecule has 1 aromatic heterocycles. The molecule has 0 atom stereocenters. The van der Waals surface area contributed by atoms with Crippen LogP contribution in [0.4, 0.5) is 5.82 Å². The maximum absolute atomic E-state index is 10.9. The van der Waals surface area contributed by atoms with Crippen molar-refractivity contribution >= 4 is 11.8 Å². The highest BCUT2D eigenvalue weighted by Gasteiger charge is 2.12. The Labute approximate surface area is 103 Å².